The van der Waals surface area contributed by atoms with Crippen LogP contribution in [-0.2, 0) is 11.2 Å². The highest BCUT2D eigenvalue weighted by molar-refractivity contribution is 5.96. The summed E-state index contributed by atoms with van der Waals surface area (Å²) in [5.74, 6) is 1.45. The number of methoxy groups -OCH3 is 2. The average Bonchev–Trinajstić information content (AvgIpc) is 3.16. The van der Waals surface area contributed by atoms with Crippen LogP contribution in [0, 0.1) is 0 Å². The summed E-state index contributed by atoms with van der Waals surface area (Å²) < 4.78 is 15.9. The van der Waals surface area contributed by atoms with Gasteiger partial charge in [-0.15, -0.1) is 0 Å². The Kier molecular flexibility index (Phi) is 5.74. The molecule has 0 spiro atoms. The fourth-order valence-electron chi connectivity index (χ4n) is 2.68. The van der Waals surface area contributed by atoms with Gasteiger partial charge in [0.15, 0.2) is 23.0 Å². The number of rotatable bonds is 7. The van der Waals surface area contributed by atoms with Crippen LogP contribution in [0.2, 0.25) is 0 Å². The molecule has 0 unspecified atom stereocenters. The minimum Gasteiger partial charge on any atom is -0.493 e. The van der Waals surface area contributed by atoms with Crippen molar-refractivity contribution in [1.29, 1.82) is 0 Å². The van der Waals surface area contributed by atoms with Crippen molar-refractivity contribution in [3.63, 3.8) is 0 Å². The van der Waals surface area contributed by atoms with Crippen molar-refractivity contribution in [2.45, 2.75) is 13.3 Å². The summed E-state index contributed by atoms with van der Waals surface area (Å²) in [6, 6.07) is 13.8. The molecule has 0 aliphatic heterocycles. The van der Waals surface area contributed by atoms with Crippen molar-refractivity contribution in [2.24, 2.45) is 0 Å². The van der Waals surface area contributed by atoms with E-state index in [-0.39, 0.29) is 18.1 Å². The topological polar surface area (TPSA) is 90.7 Å². The number of amides is 1. The average molecular weight is 380 g/mol. The Labute approximate surface area is 162 Å². The van der Waals surface area contributed by atoms with Crippen LogP contribution in [0.4, 0.5) is 5.69 Å². The van der Waals surface area contributed by atoms with Gasteiger partial charge in [0.1, 0.15) is 0 Å². The molecule has 0 fully saturated rings. The van der Waals surface area contributed by atoms with Crippen LogP contribution in [0.25, 0.3) is 11.3 Å². The van der Waals surface area contributed by atoms with E-state index in [4.69, 9.17) is 14.0 Å². The summed E-state index contributed by atoms with van der Waals surface area (Å²) in [7, 11) is 3.12. The number of benzene rings is 2. The van der Waals surface area contributed by atoms with E-state index in [9.17, 15) is 9.59 Å². The highest BCUT2D eigenvalue weighted by atomic mass is 16.5. The zero-order valence-corrected chi connectivity index (χ0v) is 15.8. The van der Waals surface area contributed by atoms with Gasteiger partial charge >= 0.3 is 0 Å². The predicted molar refractivity (Wildman–Crippen MR) is 104 cm³/mol. The first-order valence-corrected chi connectivity index (χ1v) is 8.59. The lowest BCUT2D eigenvalue weighted by Crippen LogP contribution is -2.14. The Morgan fingerprint density at radius 1 is 1.00 bits per heavy atom. The summed E-state index contributed by atoms with van der Waals surface area (Å²) in [5.41, 5.74) is 2.46. The van der Waals surface area contributed by atoms with Gasteiger partial charge in [0.2, 0.25) is 5.91 Å². The van der Waals surface area contributed by atoms with Crippen molar-refractivity contribution in [3.05, 3.63) is 59.8 Å². The second kappa shape index (κ2) is 8.39. The van der Waals surface area contributed by atoms with Gasteiger partial charge in [0.25, 0.3) is 0 Å². The Hall–Kier alpha value is -3.61. The number of ether oxygens (including phenoxy) is 2. The molecule has 28 heavy (non-hydrogen) atoms. The fourth-order valence-corrected chi connectivity index (χ4v) is 2.68. The fraction of sp³-hybridized carbons (Fsp3) is 0.190. The zero-order chi connectivity index (χ0) is 20.1. The largest absolute Gasteiger partial charge is 0.493 e. The number of carbonyl (C=O) groups is 2. The molecular formula is C21H20N2O5. The molecule has 0 saturated carbocycles. The van der Waals surface area contributed by atoms with Crippen molar-refractivity contribution in [1.82, 2.24) is 5.16 Å². The molecule has 0 aliphatic rings. The normalized spacial score (nSPS) is 10.4. The first-order valence-electron chi connectivity index (χ1n) is 8.59. The predicted octanol–water partition coefficient (Wildman–Crippen LogP) is 3.74. The maximum Gasteiger partial charge on any atom is 0.230 e. The number of aromatic nitrogens is 1. The quantitative estimate of drug-likeness (QED) is 0.628. The summed E-state index contributed by atoms with van der Waals surface area (Å²) >= 11 is 0. The third-order valence-corrected chi connectivity index (χ3v) is 4.14. The Morgan fingerprint density at radius 2 is 1.71 bits per heavy atom. The van der Waals surface area contributed by atoms with E-state index in [2.05, 4.69) is 10.5 Å². The lowest BCUT2D eigenvalue weighted by molar-refractivity contribution is -0.115. The lowest BCUT2D eigenvalue weighted by Gasteiger charge is -2.07. The maximum absolute atomic E-state index is 12.2. The second-order valence-electron chi connectivity index (χ2n) is 6.11. The van der Waals surface area contributed by atoms with E-state index in [0.29, 0.717) is 34.2 Å². The van der Waals surface area contributed by atoms with E-state index in [1.165, 1.54) is 6.92 Å². The molecule has 1 aromatic heterocycles. The highest BCUT2D eigenvalue weighted by Crippen LogP contribution is 2.32. The first-order chi connectivity index (χ1) is 13.5. The van der Waals surface area contributed by atoms with Gasteiger partial charge in [-0.25, -0.2) is 0 Å². The standard InChI is InChI=1S/C21H20N2O5/c1-13(24)14-4-7-16(8-5-14)22-21(25)12-17-11-19(28-23-17)15-6-9-18(26-2)20(10-15)27-3/h4-11H,12H2,1-3H3,(H,22,25). The van der Waals surface area contributed by atoms with E-state index in [1.54, 1.807) is 56.7 Å². The van der Waals surface area contributed by atoms with Gasteiger partial charge in [-0.05, 0) is 49.4 Å². The molecule has 7 nitrogen and oxygen atoms in total. The van der Waals surface area contributed by atoms with Gasteiger partial charge in [-0.3, -0.25) is 9.59 Å². The highest BCUT2D eigenvalue weighted by Gasteiger charge is 2.13. The van der Waals surface area contributed by atoms with Crippen LogP contribution in [0.1, 0.15) is 23.0 Å². The maximum atomic E-state index is 12.2. The molecule has 0 bridgehead atoms. The number of Topliss-reactive ketones (excluding diaryl/α,β-unsaturated/α-hetero) is 1. The smallest absolute Gasteiger partial charge is 0.230 e. The van der Waals surface area contributed by atoms with E-state index >= 15 is 0 Å². The van der Waals surface area contributed by atoms with Crippen LogP contribution in [-0.4, -0.2) is 31.1 Å². The van der Waals surface area contributed by atoms with Gasteiger partial charge in [-0.1, -0.05) is 5.16 Å². The van der Waals surface area contributed by atoms with Gasteiger partial charge in [-0.2, -0.15) is 0 Å². The molecule has 3 aromatic rings. The summed E-state index contributed by atoms with van der Waals surface area (Å²) in [6.45, 7) is 1.49. The third kappa shape index (κ3) is 4.37. The number of nitrogens with zero attached hydrogens (tertiary/aromatic N) is 1. The van der Waals surface area contributed by atoms with Crippen molar-refractivity contribution < 1.29 is 23.6 Å². The Morgan fingerprint density at radius 3 is 2.36 bits per heavy atom. The lowest BCUT2D eigenvalue weighted by atomic mass is 10.1. The van der Waals surface area contributed by atoms with Crippen LogP contribution in [0.5, 0.6) is 11.5 Å². The molecular weight excluding hydrogens is 360 g/mol. The van der Waals surface area contributed by atoms with Crippen LogP contribution in [0.15, 0.2) is 53.1 Å². The van der Waals surface area contributed by atoms with Crippen molar-refractivity contribution >= 4 is 17.4 Å². The third-order valence-electron chi connectivity index (χ3n) is 4.14. The molecule has 0 aliphatic carbocycles. The molecule has 1 N–H and O–H groups in total. The van der Waals surface area contributed by atoms with Crippen LogP contribution >= 0.6 is 0 Å². The monoisotopic (exact) mass is 380 g/mol. The number of hydrogen-bond donors (Lipinski definition) is 1. The van der Waals surface area contributed by atoms with Gasteiger partial charge in [0, 0.05) is 22.9 Å². The number of nitrogens with one attached hydrogen (secondary N) is 1. The summed E-state index contributed by atoms with van der Waals surface area (Å²) in [6.07, 6.45) is 0.0608. The summed E-state index contributed by atoms with van der Waals surface area (Å²) in [4.78, 5) is 23.5. The Balaban J connectivity index is 1.67. The van der Waals surface area contributed by atoms with Crippen molar-refractivity contribution in [3.8, 4) is 22.8 Å². The molecule has 1 heterocycles. The molecule has 7 heteroatoms. The molecule has 0 atom stereocenters. The van der Waals surface area contributed by atoms with Crippen molar-refractivity contribution in [2.75, 3.05) is 19.5 Å². The Bertz CT molecular complexity index is 992. The number of carbonyl (C=O) groups excluding carboxylic acids is 2. The zero-order valence-electron chi connectivity index (χ0n) is 15.8. The molecule has 144 valence electrons. The van der Waals surface area contributed by atoms with E-state index in [0.717, 1.165) is 5.56 Å². The second-order valence-corrected chi connectivity index (χ2v) is 6.11. The molecule has 0 saturated heterocycles. The van der Waals surface area contributed by atoms with Gasteiger partial charge < -0.3 is 19.3 Å². The number of hydrogen-bond acceptors (Lipinski definition) is 6. The first kappa shape index (κ1) is 19.2. The molecule has 2 aromatic carbocycles. The SMILES string of the molecule is COc1ccc(-c2cc(CC(=O)Nc3ccc(C(C)=O)cc3)no2)cc1OC. The molecule has 3 rings (SSSR count). The van der Waals surface area contributed by atoms with E-state index in [1.807, 2.05) is 6.07 Å². The minimum absolute atomic E-state index is 0.0248. The molecule has 0 radical (unpaired) electrons. The van der Waals surface area contributed by atoms with E-state index < -0.39 is 0 Å². The summed E-state index contributed by atoms with van der Waals surface area (Å²) in [5, 5.41) is 6.73. The van der Waals surface area contributed by atoms with Gasteiger partial charge in [0.05, 0.1) is 26.3 Å². The number of ketones is 1. The van der Waals surface area contributed by atoms with Crippen LogP contribution < -0.4 is 14.8 Å². The minimum atomic E-state index is -0.234. The van der Waals surface area contributed by atoms with Crippen LogP contribution in [0.3, 0.4) is 0 Å². The molecule has 1 amide bonds. The number of anilines is 1.